The summed E-state index contributed by atoms with van der Waals surface area (Å²) in [4.78, 5) is 20.6. The molecule has 4 rings (SSSR count). The molecule has 1 saturated carbocycles. The molecule has 38 heavy (non-hydrogen) atoms. The first kappa shape index (κ1) is 27.9. The van der Waals surface area contributed by atoms with Crippen LogP contribution in [0.1, 0.15) is 49.3 Å². The fourth-order valence-electron chi connectivity index (χ4n) is 5.54. The highest BCUT2D eigenvalue weighted by atomic mass is 16.5. The third-order valence-corrected chi connectivity index (χ3v) is 7.64. The van der Waals surface area contributed by atoms with Gasteiger partial charge in [0, 0.05) is 55.3 Å². The Morgan fingerprint density at radius 2 is 2.05 bits per heavy atom. The van der Waals surface area contributed by atoms with Crippen LogP contribution in [0.5, 0.6) is 5.75 Å². The lowest BCUT2D eigenvalue weighted by Gasteiger charge is -2.33. The topological polar surface area (TPSA) is 114 Å². The van der Waals surface area contributed by atoms with Crippen molar-refractivity contribution in [3.8, 4) is 5.75 Å². The van der Waals surface area contributed by atoms with Gasteiger partial charge in [-0.1, -0.05) is 23.3 Å². The van der Waals surface area contributed by atoms with Gasteiger partial charge in [0.1, 0.15) is 12.4 Å². The molecule has 2 fully saturated rings. The van der Waals surface area contributed by atoms with Crippen LogP contribution in [0.2, 0.25) is 0 Å². The third kappa shape index (κ3) is 7.48. The summed E-state index contributed by atoms with van der Waals surface area (Å²) in [7, 11) is 0. The Morgan fingerprint density at radius 1 is 1.24 bits per heavy atom. The van der Waals surface area contributed by atoms with E-state index in [1.807, 2.05) is 36.4 Å². The van der Waals surface area contributed by atoms with Crippen LogP contribution >= 0.6 is 0 Å². The lowest BCUT2D eigenvalue weighted by Crippen LogP contribution is -2.48. The van der Waals surface area contributed by atoms with Crippen LogP contribution in [0.3, 0.4) is 0 Å². The van der Waals surface area contributed by atoms with Crippen molar-refractivity contribution in [2.45, 2.75) is 64.6 Å². The summed E-state index contributed by atoms with van der Waals surface area (Å²) < 4.78 is 6.20. The molecule has 0 unspecified atom stereocenters. The standard InChI is InChI=1S/C29H40N6O3/c1-21-16-26(9-6-25(21)19-34-14-13-31-22(2)18-34)35(20-32-33-30)29(37)24-7-10-27(11-8-24)38-28-5-3-4-23(17-28)12-15-36/h3-6,9,16-17,22,24,27,31,36H,7-8,10-15,18-20H2,1-2H3/t22-,24-,27-/m0/s1. The van der Waals surface area contributed by atoms with Crippen molar-refractivity contribution in [2.75, 3.05) is 37.8 Å². The number of hydrogen-bond acceptors (Lipinski definition) is 6. The van der Waals surface area contributed by atoms with Crippen molar-refractivity contribution in [1.82, 2.24) is 10.2 Å². The van der Waals surface area contributed by atoms with Crippen LogP contribution in [0.4, 0.5) is 5.69 Å². The molecule has 1 saturated heterocycles. The Labute approximate surface area is 225 Å². The second-order valence-electron chi connectivity index (χ2n) is 10.6. The first-order valence-electron chi connectivity index (χ1n) is 13.7. The molecule has 1 atom stereocenters. The van der Waals surface area contributed by atoms with Gasteiger partial charge >= 0.3 is 0 Å². The van der Waals surface area contributed by atoms with Gasteiger partial charge in [0.05, 0.1) is 6.10 Å². The van der Waals surface area contributed by atoms with Gasteiger partial charge in [-0.15, -0.1) is 0 Å². The van der Waals surface area contributed by atoms with Gasteiger partial charge in [-0.3, -0.25) is 9.69 Å². The van der Waals surface area contributed by atoms with Crippen LogP contribution in [-0.2, 0) is 17.8 Å². The van der Waals surface area contributed by atoms with Gasteiger partial charge in [-0.25, -0.2) is 0 Å². The zero-order valence-electron chi connectivity index (χ0n) is 22.6. The number of azide groups is 1. The average Bonchev–Trinajstić information content (AvgIpc) is 2.91. The molecular formula is C29H40N6O3. The third-order valence-electron chi connectivity index (χ3n) is 7.64. The number of amides is 1. The number of nitrogens with one attached hydrogen (secondary N) is 1. The molecular weight excluding hydrogens is 480 g/mol. The summed E-state index contributed by atoms with van der Waals surface area (Å²) in [6.07, 6.45) is 3.70. The summed E-state index contributed by atoms with van der Waals surface area (Å²) >= 11 is 0. The lowest BCUT2D eigenvalue weighted by atomic mass is 9.86. The number of hydrogen-bond donors (Lipinski definition) is 2. The largest absolute Gasteiger partial charge is 0.490 e. The van der Waals surface area contributed by atoms with Crippen molar-refractivity contribution in [2.24, 2.45) is 11.0 Å². The summed E-state index contributed by atoms with van der Waals surface area (Å²) in [5.74, 6) is 0.678. The highest BCUT2D eigenvalue weighted by Gasteiger charge is 2.31. The number of benzene rings is 2. The van der Waals surface area contributed by atoms with E-state index in [1.165, 1.54) is 5.56 Å². The lowest BCUT2D eigenvalue weighted by molar-refractivity contribution is -0.123. The second kappa shape index (κ2) is 13.6. The maximum absolute atomic E-state index is 13.6. The monoisotopic (exact) mass is 520 g/mol. The molecule has 1 aliphatic carbocycles. The summed E-state index contributed by atoms with van der Waals surface area (Å²) in [5.41, 5.74) is 13.2. The smallest absolute Gasteiger partial charge is 0.230 e. The van der Waals surface area contributed by atoms with E-state index in [9.17, 15) is 9.90 Å². The van der Waals surface area contributed by atoms with Crippen molar-refractivity contribution >= 4 is 11.6 Å². The average molecular weight is 521 g/mol. The molecule has 2 aliphatic rings. The van der Waals surface area contributed by atoms with E-state index < -0.39 is 0 Å². The van der Waals surface area contributed by atoms with Crippen LogP contribution in [0.15, 0.2) is 47.6 Å². The van der Waals surface area contributed by atoms with E-state index >= 15 is 0 Å². The maximum atomic E-state index is 13.6. The Hall–Kier alpha value is -3.10. The minimum Gasteiger partial charge on any atom is -0.490 e. The number of anilines is 1. The van der Waals surface area contributed by atoms with E-state index in [1.54, 1.807) is 4.90 Å². The van der Waals surface area contributed by atoms with Gasteiger partial charge < -0.3 is 20.1 Å². The first-order chi connectivity index (χ1) is 18.5. The van der Waals surface area contributed by atoms with Crippen molar-refractivity contribution in [3.05, 3.63) is 69.6 Å². The van der Waals surface area contributed by atoms with Gasteiger partial charge in [0.2, 0.25) is 5.91 Å². The molecule has 0 spiro atoms. The van der Waals surface area contributed by atoms with E-state index in [4.69, 9.17) is 10.3 Å². The van der Waals surface area contributed by atoms with Crippen LogP contribution in [0, 0.1) is 12.8 Å². The molecule has 0 bridgehead atoms. The van der Waals surface area contributed by atoms with E-state index in [0.717, 1.165) is 74.4 Å². The van der Waals surface area contributed by atoms with Crippen LogP contribution < -0.4 is 15.0 Å². The number of aryl methyl sites for hydroxylation is 1. The summed E-state index contributed by atoms with van der Waals surface area (Å²) in [5, 5.41) is 16.4. The first-order valence-corrected chi connectivity index (χ1v) is 13.7. The summed E-state index contributed by atoms with van der Waals surface area (Å²) in [6.45, 7) is 8.30. The highest BCUT2D eigenvalue weighted by molar-refractivity contribution is 5.95. The number of rotatable bonds is 10. The number of carbonyl (C=O) groups excluding carboxylic acids is 1. The van der Waals surface area contributed by atoms with Crippen molar-refractivity contribution in [1.29, 1.82) is 0 Å². The zero-order valence-corrected chi connectivity index (χ0v) is 22.6. The van der Waals surface area contributed by atoms with Gasteiger partial charge in [0.25, 0.3) is 0 Å². The molecule has 9 heteroatoms. The molecule has 0 radical (unpaired) electrons. The minimum atomic E-state index is -0.133. The van der Waals surface area contributed by atoms with Crippen molar-refractivity contribution < 1.29 is 14.6 Å². The number of aliphatic hydroxyl groups is 1. The molecule has 2 aromatic carbocycles. The van der Waals surface area contributed by atoms with E-state index in [0.29, 0.717) is 12.5 Å². The van der Waals surface area contributed by atoms with Crippen molar-refractivity contribution in [3.63, 3.8) is 0 Å². The molecule has 9 nitrogen and oxygen atoms in total. The molecule has 1 heterocycles. The van der Waals surface area contributed by atoms with Crippen LogP contribution in [0.25, 0.3) is 10.4 Å². The molecule has 0 aromatic heterocycles. The van der Waals surface area contributed by atoms with Crippen LogP contribution in [-0.4, -0.2) is 61.0 Å². The highest BCUT2D eigenvalue weighted by Crippen LogP contribution is 2.31. The number of ether oxygens (including phenoxy) is 1. The fraction of sp³-hybridized carbons (Fsp3) is 0.552. The molecule has 2 N–H and O–H groups in total. The molecule has 1 aliphatic heterocycles. The predicted octanol–water partition coefficient (Wildman–Crippen LogP) is 4.56. The number of piperazine rings is 1. The second-order valence-corrected chi connectivity index (χ2v) is 10.6. The SMILES string of the molecule is Cc1cc(N(CN=[N+]=[N-])C(=O)[C@H]2CC[C@H](Oc3cccc(CCO)c3)CC2)ccc1CN1CCN[C@@H](C)C1. The minimum absolute atomic E-state index is 0.00359. The quantitative estimate of drug-likeness (QED) is 0.271. The number of aliphatic hydroxyl groups excluding tert-OH is 1. The molecule has 2 aromatic rings. The Balaban J connectivity index is 1.38. The maximum Gasteiger partial charge on any atom is 0.230 e. The predicted molar refractivity (Wildman–Crippen MR) is 149 cm³/mol. The fourth-order valence-corrected chi connectivity index (χ4v) is 5.54. The van der Waals surface area contributed by atoms with Gasteiger partial charge in [-0.2, -0.15) is 0 Å². The van der Waals surface area contributed by atoms with E-state index in [-0.39, 0.29) is 31.2 Å². The molecule has 1 amide bonds. The normalized spacial score (nSPS) is 21.9. The Kier molecular flexibility index (Phi) is 10.0. The molecule has 204 valence electrons. The Bertz CT molecular complexity index is 1130. The number of nitrogens with zero attached hydrogens (tertiary/aromatic N) is 5. The Morgan fingerprint density at radius 3 is 2.76 bits per heavy atom. The van der Waals surface area contributed by atoms with Gasteiger partial charge in [-0.05, 0) is 92.4 Å². The van der Waals surface area contributed by atoms with E-state index in [2.05, 4.69) is 40.2 Å². The summed E-state index contributed by atoms with van der Waals surface area (Å²) in [6, 6.07) is 14.4. The van der Waals surface area contributed by atoms with Gasteiger partial charge in [0.15, 0.2) is 0 Å². The zero-order chi connectivity index (χ0) is 26.9. The number of carbonyl (C=O) groups is 1.